The van der Waals surface area contributed by atoms with E-state index < -0.39 is 16.8 Å². The Hall–Kier alpha value is -3.76. The second-order valence-electron chi connectivity index (χ2n) is 6.99. The van der Waals surface area contributed by atoms with Crippen LogP contribution in [0.3, 0.4) is 0 Å². The lowest BCUT2D eigenvalue weighted by atomic mass is 10.1. The second kappa shape index (κ2) is 9.00. The maximum Gasteiger partial charge on any atom is 0.339 e. The molecule has 0 N–H and O–H groups in total. The Kier molecular flexibility index (Phi) is 6.12. The summed E-state index contributed by atoms with van der Waals surface area (Å²) in [6, 6.07) is 14.7. The average Bonchev–Trinajstić information content (AvgIpc) is 3.37. The monoisotopic (exact) mass is 480 g/mol. The fourth-order valence-electron chi connectivity index (χ4n) is 3.30. The molecular formula is C23H16N2O6S2. The van der Waals surface area contributed by atoms with Gasteiger partial charge in [-0.3, -0.25) is 19.8 Å². The van der Waals surface area contributed by atoms with Gasteiger partial charge in [-0.15, -0.1) is 0 Å². The van der Waals surface area contributed by atoms with E-state index in [2.05, 4.69) is 0 Å². The Labute approximate surface area is 198 Å². The predicted molar refractivity (Wildman–Crippen MR) is 129 cm³/mol. The van der Waals surface area contributed by atoms with Crippen molar-refractivity contribution in [2.75, 3.05) is 12.0 Å². The highest BCUT2D eigenvalue weighted by molar-refractivity contribution is 8.27. The number of thioether (sulfide) groups is 1. The van der Waals surface area contributed by atoms with Crippen LogP contribution in [-0.2, 0) is 9.53 Å². The van der Waals surface area contributed by atoms with Gasteiger partial charge in [-0.05, 0) is 31.2 Å². The molecule has 2 heterocycles. The van der Waals surface area contributed by atoms with Gasteiger partial charge in [0.2, 0.25) is 0 Å². The molecule has 1 aromatic heterocycles. The highest BCUT2D eigenvalue weighted by Crippen LogP contribution is 2.38. The molecule has 0 spiro atoms. The molecule has 0 atom stereocenters. The number of carbonyl (C=O) groups excluding carboxylic acids is 2. The number of furan rings is 1. The van der Waals surface area contributed by atoms with Gasteiger partial charge in [0.25, 0.3) is 11.6 Å². The highest BCUT2D eigenvalue weighted by atomic mass is 32.2. The molecule has 4 rings (SSSR count). The van der Waals surface area contributed by atoms with Gasteiger partial charge in [0.1, 0.15) is 11.5 Å². The molecule has 3 aromatic rings. The summed E-state index contributed by atoms with van der Waals surface area (Å²) >= 11 is 6.47. The molecular weight excluding hydrogens is 464 g/mol. The zero-order valence-corrected chi connectivity index (χ0v) is 19.1. The third kappa shape index (κ3) is 4.30. The minimum absolute atomic E-state index is 0.00408. The summed E-state index contributed by atoms with van der Waals surface area (Å²) in [6.45, 7) is 1.66. The van der Waals surface area contributed by atoms with Crippen molar-refractivity contribution in [3.05, 3.63) is 86.5 Å². The lowest BCUT2D eigenvalue weighted by Gasteiger charge is -2.17. The van der Waals surface area contributed by atoms with Crippen molar-refractivity contribution in [1.82, 2.24) is 0 Å². The number of ether oxygens (including phenoxy) is 1. The van der Waals surface area contributed by atoms with E-state index in [0.29, 0.717) is 33.2 Å². The van der Waals surface area contributed by atoms with Crippen molar-refractivity contribution in [1.29, 1.82) is 0 Å². The predicted octanol–water partition coefficient (Wildman–Crippen LogP) is 5.36. The number of anilines is 1. The van der Waals surface area contributed by atoms with Crippen LogP contribution in [0.2, 0.25) is 0 Å². The fourth-order valence-corrected chi connectivity index (χ4v) is 4.57. The number of para-hydroxylation sites is 1. The first-order valence-corrected chi connectivity index (χ1v) is 10.8. The van der Waals surface area contributed by atoms with Gasteiger partial charge >= 0.3 is 5.97 Å². The number of hydrogen-bond donors (Lipinski definition) is 0. The lowest BCUT2D eigenvalue weighted by Crippen LogP contribution is -2.29. The highest BCUT2D eigenvalue weighted by Gasteiger charge is 2.35. The molecule has 1 aliphatic rings. The van der Waals surface area contributed by atoms with E-state index in [9.17, 15) is 19.7 Å². The lowest BCUT2D eigenvalue weighted by molar-refractivity contribution is -0.385. The number of rotatable bonds is 5. The van der Waals surface area contributed by atoms with Crippen LogP contribution < -0.4 is 4.90 Å². The molecule has 33 heavy (non-hydrogen) atoms. The van der Waals surface area contributed by atoms with Crippen LogP contribution in [0.5, 0.6) is 0 Å². The van der Waals surface area contributed by atoms with E-state index in [4.69, 9.17) is 21.4 Å². The number of nitro benzene ring substituents is 1. The first-order valence-electron chi connectivity index (χ1n) is 9.60. The van der Waals surface area contributed by atoms with Crippen LogP contribution >= 0.6 is 24.0 Å². The van der Waals surface area contributed by atoms with Crippen molar-refractivity contribution < 1.29 is 23.7 Å². The van der Waals surface area contributed by atoms with Crippen molar-refractivity contribution >= 4 is 57.6 Å². The van der Waals surface area contributed by atoms with Crippen LogP contribution in [0.15, 0.2) is 63.9 Å². The number of hydrogen-bond acceptors (Lipinski definition) is 8. The second-order valence-corrected chi connectivity index (χ2v) is 8.66. The molecule has 166 valence electrons. The standard InChI is InChI=1S/C23H16N2O6S2/c1-13-7-8-14(11-18(13)25(28)29)19-10-9-15(31-19)12-20-21(26)24(23(32)33-20)17-6-4-3-5-16(17)22(27)30-2/h3-12H,1-2H3/b20-12+. The molecule has 0 unspecified atom stereocenters. The van der Waals surface area contributed by atoms with Crippen LogP contribution in [0.4, 0.5) is 11.4 Å². The number of aryl methyl sites for hydroxylation is 1. The van der Waals surface area contributed by atoms with Gasteiger partial charge < -0.3 is 9.15 Å². The summed E-state index contributed by atoms with van der Waals surface area (Å²) in [4.78, 5) is 37.6. The summed E-state index contributed by atoms with van der Waals surface area (Å²) in [7, 11) is 1.26. The van der Waals surface area contributed by atoms with E-state index in [-0.39, 0.29) is 15.6 Å². The van der Waals surface area contributed by atoms with Gasteiger partial charge in [-0.1, -0.05) is 48.2 Å². The number of esters is 1. The SMILES string of the molecule is COC(=O)c1ccccc1N1C(=O)/C(=C\c2ccc(-c3ccc(C)c([N+](=O)[O-])c3)o2)SC1=S. The Morgan fingerprint density at radius 1 is 1.21 bits per heavy atom. The number of benzene rings is 2. The smallest absolute Gasteiger partial charge is 0.339 e. The summed E-state index contributed by atoms with van der Waals surface area (Å²) in [5.41, 5.74) is 1.65. The Balaban J connectivity index is 1.64. The van der Waals surface area contributed by atoms with Crippen molar-refractivity contribution in [2.24, 2.45) is 0 Å². The molecule has 0 saturated carbocycles. The zero-order chi connectivity index (χ0) is 23.7. The molecule has 8 nitrogen and oxygen atoms in total. The molecule has 0 aliphatic carbocycles. The number of amides is 1. The third-order valence-corrected chi connectivity index (χ3v) is 6.24. The quantitative estimate of drug-likeness (QED) is 0.158. The number of nitro groups is 1. The Morgan fingerprint density at radius 3 is 2.70 bits per heavy atom. The molecule has 0 radical (unpaired) electrons. The zero-order valence-electron chi connectivity index (χ0n) is 17.4. The van der Waals surface area contributed by atoms with Gasteiger partial charge in [0.05, 0.1) is 28.2 Å². The number of thiocarbonyl (C=S) groups is 1. The largest absolute Gasteiger partial charge is 0.465 e. The third-order valence-electron chi connectivity index (χ3n) is 4.93. The van der Waals surface area contributed by atoms with E-state index in [1.165, 1.54) is 18.1 Å². The first-order chi connectivity index (χ1) is 15.8. The number of methoxy groups -OCH3 is 1. The maximum absolute atomic E-state index is 13.1. The van der Waals surface area contributed by atoms with E-state index in [1.54, 1.807) is 61.5 Å². The van der Waals surface area contributed by atoms with Crippen molar-refractivity contribution in [3.63, 3.8) is 0 Å². The Bertz CT molecular complexity index is 1340. The summed E-state index contributed by atoms with van der Waals surface area (Å²) in [5.74, 6) is -0.164. The van der Waals surface area contributed by atoms with E-state index in [0.717, 1.165) is 11.8 Å². The minimum Gasteiger partial charge on any atom is -0.465 e. The maximum atomic E-state index is 13.1. The van der Waals surface area contributed by atoms with Crippen LogP contribution in [0.25, 0.3) is 17.4 Å². The first kappa shape index (κ1) is 22.4. The average molecular weight is 481 g/mol. The van der Waals surface area contributed by atoms with Gasteiger partial charge in [0, 0.05) is 23.3 Å². The molecule has 2 aromatic carbocycles. The summed E-state index contributed by atoms with van der Waals surface area (Å²) in [6.07, 6.45) is 1.55. The summed E-state index contributed by atoms with van der Waals surface area (Å²) in [5, 5.41) is 11.2. The van der Waals surface area contributed by atoms with Crippen molar-refractivity contribution in [2.45, 2.75) is 6.92 Å². The van der Waals surface area contributed by atoms with Gasteiger partial charge in [0.15, 0.2) is 4.32 Å². The van der Waals surface area contributed by atoms with E-state index >= 15 is 0 Å². The Morgan fingerprint density at radius 2 is 1.97 bits per heavy atom. The van der Waals surface area contributed by atoms with E-state index in [1.807, 2.05) is 0 Å². The topological polar surface area (TPSA) is 103 Å². The van der Waals surface area contributed by atoms with Crippen molar-refractivity contribution in [3.8, 4) is 11.3 Å². The van der Waals surface area contributed by atoms with Crippen LogP contribution in [0.1, 0.15) is 21.7 Å². The summed E-state index contributed by atoms with van der Waals surface area (Å²) < 4.78 is 10.9. The molecule has 0 bridgehead atoms. The number of nitrogens with zero attached hydrogens (tertiary/aromatic N) is 2. The fraction of sp³-hybridized carbons (Fsp3) is 0.0870. The molecule has 10 heteroatoms. The normalized spacial score (nSPS) is 14.7. The molecule has 1 amide bonds. The van der Waals surface area contributed by atoms with Crippen LogP contribution in [-0.4, -0.2) is 28.2 Å². The number of carbonyl (C=O) groups is 2. The van der Waals surface area contributed by atoms with Crippen LogP contribution in [0, 0.1) is 17.0 Å². The molecule has 1 aliphatic heterocycles. The van der Waals surface area contributed by atoms with Gasteiger partial charge in [-0.25, -0.2) is 4.79 Å². The minimum atomic E-state index is -0.577. The van der Waals surface area contributed by atoms with Gasteiger partial charge in [-0.2, -0.15) is 0 Å². The molecule has 1 fully saturated rings. The molecule has 1 saturated heterocycles.